The minimum atomic E-state index is -0.148. The van der Waals surface area contributed by atoms with Crippen molar-refractivity contribution in [2.24, 2.45) is 11.8 Å². The maximum atomic E-state index is 13.2. The van der Waals surface area contributed by atoms with Gasteiger partial charge in [0.15, 0.2) is 0 Å². The third-order valence-electron chi connectivity index (χ3n) is 5.09. The summed E-state index contributed by atoms with van der Waals surface area (Å²) in [5.41, 5.74) is 1.34. The zero-order chi connectivity index (χ0) is 14.8. The van der Waals surface area contributed by atoms with Crippen molar-refractivity contribution in [3.8, 4) is 0 Å². The molecule has 1 aliphatic rings. The maximum absolute atomic E-state index is 13.2. The zero-order valence-corrected chi connectivity index (χ0v) is 13.2. The lowest BCUT2D eigenvalue weighted by Gasteiger charge is -2.45. The molecule has 3 atom stereocenters. The molecule has 0 saturated heterocycles. The standard InChI is InChI=1S/C18H28FN/c1-5-20-17-12-13(2)6-11-16(17)18(3,4)14-7-9-15(19)10-8-14/h7-10,13,16-17,20H,5-6,11-12H2,1-4H3. The first-order chi connectivity index (χ1) is 9.45. The molecule has 0 aliphatic heterocycles. The van der Waals surface area contributed by atoms with Crippen LogP contribution in [0.5, 0.6) is 0 Å². The van der Waals surface area contributed by atoms with Gasteiger partial charge < -0.3 is 5.32 Å². The second-order valence-electron chi connectivity index (χ2n) is 6.92. The Hall–Kier alpha value is -0.890. The molecule has 1 fully saturated rings. The van der Waals surface area contributed by atoms with Crippen molar-refractivity contribution >= 4 is 0 Å². The molecule has 20 heavy (non-hydrogen) atoms. The molecule has 1 N–H and O–H groups in total. The molecule has 2 rings (SSSR count). The van der Waals surface area contributed by atoms with E-state index in [9.17, 15) is 4.39 Å². The molecule has 0 heterocycles. The molecule has 2 heteroatoms. The smallest absolute Gasteiger partial charge is 0.123 e. The van der Waals surface area contributed by atoms with E-state index in [4.69, 9.17) is 0 Å². The summed E-state index contributed by atoms with van der Waals surface area (Å²) >= 11 is 0. The highest BCUT2D eigenvalue weighted by molar-refractivity contribution is 5.26. The van der Waals surface area contributed by atoms with Crippen LogP contribution in [-0.4, -0.2) is 12.6 Å². The van der Waals surface area contributed by atoms with Gasteiger partial charge in [-0.2, -0.15) is 0 Å². The lowest BCUT2D eigenvalue weighted by molar-refractivity contribution is 0.147. The molecule has 1 aromatic carbocycles. The van der Waals surface area contributed by atoms with Crippen LogP contribution in [0, 0.1) is 17.7 Å². The number of rotatable bonds is 4. The fraction of sp³-hybridized carbons (Fsp3) is 0.667. The van der Waals surface area contributed by atoms with Crippen LogP contribution in [0.15, 0.2) is 24.3 Å². The Balaban J connectivity index is 2.23. The fourth-order valence-corrected chi connectivity index (χ4v) is 3.83. The van der Waals surface area contributed by atoms with Crippen molar-refractivity contribution in [3.05, 3.63) is 35.6 Å². The minimum absolute atomic E-state index is 0.0840. The van der Waals surface area contributed by atoms with Crippen molar-refractivity contribution in [1.29, 1.82) is 0 Å². The predicted octanol–water partition coefficient (Wildman–Crippen LogP) is 4.52. The zero-order valence-electron chi connectivity index (χ0n) is 13.2. The molecule has 112 valence electrons. The van der Waals surface area contributed by atoms with Gasteiger partial charge in [-0.15, -0.1) is 0 Å². The first-order valence-corrected chi connectivity index (χ1v) is 7.94. The van der Waals surface area contributed by atoms with Gasteiger partial charge in [0, 0.05) is 6.04 Å². The molecule has 1 saturated carbocycles. The lowest BCUT2D eigenvalue weighted by atomic mass is 9.63. The molecule has 0 bridgehead atoms. The van der Waals surface area contributed by atoms with Crippen molar-refractivity contribution in [1.82, 2.24) is 5.32 Å². The SMILES string of the molecule is CCNC1CC(C)CCC1C(C)(C)c1ccc(F)cc1. The molecule has 1 aromatic rings. The van der Waals surface area contributed by atoms with E-state index in [1.54, 1.807) is 12.1 Å². The number of nitrogens with one attached hydrogen (secondary N) is 1. The third-order valence-corrected chi connectivity index (χ3v) is 5.09. The summed E-state index contributed by atoms with van der Waals surface area (Å²) in [6.07, 6.45) is 3.81. The van der Waals surface area contributed by atoms with Crippen molar-refractivity contribution < 1.29 is 4.39 Å². The summed E-state index contributed by atoms with van der Waals surface area (Å²) in [5.74, 6) is 1.27. The fourth-order valence-electron chi connectivity index (χ4n) is 3.83. The molecule has 1 nitrogen and oxygen atoms in total. The van der Waals surface area contributed by atoms with E-state index in [0.717, 1.165) is 12.5 Å². The molecule has 0 radical (unpaired) electrons. The van der Waals surface area contributed by atoms with Crippen molar-refractivity contribution in [2.45, 2.75) is 58.4 Å². The van der Waals surface area contributed by atoms with Gasteiger partial charge >= 0.3 is 0 Å². The second kappa shape index (κ2) is 6.26. The van der Waals surface area contributed by atoms with E-state index in [-0.39, 0.29) is 11.2 Å². The Labute approximate surface area is 123 Å². The average molecular weight is 277 g/mol. The van der Waals surface area contributed by atoms with Gasteiger partial charge in [0.2, 0.25) is 0 Å². The first-order valence-electron chi connectivity index (χ1n) is 7.94. The second-order valence-corrected chi connectivity index (χ2v) is 6.92. The van der Waals surface area contributed by atoms with Gasteiger partial charge in [-0.3, -0.25) is 0 Å². The Morgan fingerprint density at radius 3 is 2.45 bits per heavy atom. The quantitative estimate of drug-likeness (QED) is 0.853. The molecule has 0 spiro atoms. The lowest BCUT2D eigenvalue weighted by Crippen LogP contribution is -2.48. The Kier molecular flexibility index (Phi) is 4.85. The highest BCUT2D eigenvalue weighted by Crippen LogP contribution is 2.42. The van der Waals surface area contributed by atoms with Gasteiger partial charge in [-0.1, -0.05) is 46.2 Å². The number of halogens is 1. The van der Waals surface area contributed by atoms with Crippen LogP contribution in [0.25, 0.3) is 0 Å². The molecular weight excluding hydrogens is 249 g/mol. The molecule has 3 unspecified atom stereocenters. The highest BCUT2D eigenvalue weighted by Gasteiger charge is 2.39. The number of hydrogen-bond donors (Lipinski definition) is 1. The molecular formula is C18H28FN. The van der Waals surface area contributed by atoms with Gasteiger partial charge in [0.1, 0.15) is 5.82 Å². The van der Waals surface area contributed by atoms with E-state index in [2.05, 4.69) is 33.0 Å². The number of hydrogen-bond acceptors (Lipinski definition) is 1. The summed E-state index contributed by atoms with van der Waals surface area (Å²) in [6, 6.07) is 7.66. The monoisotopic (exact) mass is 277 g/mol. The third kappa shape index (κ3) is 3.22. The van der Waals surface area contributed by atoms with Crippen LogP contribution < -0.4 is 5.32 Å². The maximum Gasteiger partial charge on any atom is 0.123 e. The predicted molar refractivity (Wildman–Crippen MR) is 83.4 cm³/mol. The van der Waals surface area contributed by atoms with Gasteiger partial charge in [0.25, 0.3) is 0 Å². The van der Waals surface area contributed by atoms with E-state index in [1.807, 2.05) is 12.1 Å². The van der Waals surface area contributed by atoms with Crippen LogP contribution in [0.1, 0.15) is 52.5 Å². The molecule has 1 aliphatic carbocycles. The topological polar surface area (TPSA) is 12.0 Å². The Morgan fingerprint density at radius 1 is 1.20 bits per heavy atom. The normalized spacial score (nSPS) is 27.6. The van der Waals surface area contributed by atoms with E-state index >= 15 is 0 Å². The van der Waals surface area contributed by atoms with Crippen molar-refractivity contribution in [3.63, 3.8) is 0 Å². The summed E-state index contributed by atoms with van der Waals surface area (Å²) in [5, 5.41) is 3.68. The molecule has 0 aromatic heterocycles. The van der Waals surface area contributed by atoms with Crippen molar-refractivity contribution in [2.75, 3.05) is 6.54 Å². The Morgan fingerprint density at radius 2 is 1.85 bits per heavy atom. The van der Waals surface area contributed by atoms with Gasteiger partial charge in [0.05, 0.1) is 0 Å². The van der Waals surface area contributed by atoms with E-state index < -0.39 is 0 Å². The van der Waals surface area contributed by atoms with Crippen LogP contribution >= 0.6 is 0 Å². The summed E-state index contributed by atoms with van der Waals surface area (Å²) in [6.45, 7) is 10.2. The molecule has 0 amide bonds. The number of benzene rings is 1. The van der Waals surface area contributed by atoms with Gasteiger partial charge in [-0.05, 0) is 54.3 Å². The van der Waals surface area contributed by atoms with E-state index in [0.29, 0.717) is 12.0 Å². The first kappa shape index (κ1) is 15.5. The van der Waals surface area contributed by atoms with Crippen LogP contribution in [0.2, 0.25) is 0 Å². The summed E-state index contributed by atoms with van der Waals surface area (Å²) in [4.78, 5) is 0. The Bertz CT molecular complexity index is 424. The minimum Gasteiger partial charge on any atom is -0.314 e. The van der Waals surface area contributed by atoms with Crippen LogP contribution in [-0.2, 0) is 5.41 Å². The summed E-state index contributed by atoms with van der Waals surface area (Å²) in [7, 11) is 0. The highest BCUT2D eigenvalue weighted by atomic mass is 19.1. The largest absolute Gasteiger partial charge is 0.314 e. The van der Waals surface area contributed by atoms with Crippen LogP contribution in [0.4, 0.5) is 4.39 Å². The average Bonchev–Trinajstić information content (AvgIpc) is 2.39. The van der Waals surface area contributed by atoms with E-state index in [1.165, 1.54) is 24.8 Å². The van der Waals surface area contributed by atoms with Gasteiger partial charge in [-0.25, -0.2) is 4.39 Å². The van der Waals surface area contributed by atoms with Crippen LogP contribution in [0.3, 0.4) is 0 Å². The summed E-state index contributed by atoms with van der Waals surface area (Å²) < 4.78 is 13.2.